The number of thiazole rings is 1. The number of nitrogens with zero attached hydrogens (tertiary/aromatic N) is 5. The van der Waals surface area contributed by atoms with Gasteiger partial charge in [0, 0.05) is 13.1 Å². The molecule has 1 unspecified atom stereocenters. The fourth-order valence-electron chi connectivity index (χ4n) is 2.73. The topological polar surface area (TPSA) is 76.3 Å². The molecule has 0 spiro atoms. The lowest BCUT2D eigenvalue weighted by molar-refractivity contribution is 0.0271. The number of halogens is 1. The number of aliphatic hydroxyl groups is 1. The molecule has 0 aliphatic carbocycles. The van der Waals surface area contributed by atoms with Gasteiger partial charge < -0.3 is 14.7 Å². The smallest absolute Gasteiger partial charge is 0.186 e. The van der Waals surface area contributed by atoms with Crippen LogP contribution in [0, 0.1) is 5.82 Å². The molecule has 2 aromatic heterocycles. The molecule has 9 heteroatoms. The van der Waals surface area contributed by atoms with E-state index >= 15 is 0 Å². The fraction of sp³-hybridized carbons (Fsp3) is 0.400. The van der Waals surface area contributed by atoms with Gasteiger partial charge in [-0.15, -0.1) is 5.10 Å². The zero-order valence-corrected chi connectivity index (χ0v) is 13.6. The van der Waals surface area contributed by atoms with Gasteiger partial charge in [-0.3, -0.25) is 0 Å². The second kappa shape index (κ2) is 6.42. The fourth-order valence-corrected chi connectivity index (χ4v) is 3.76. The van der Waals surface area contributed by atoms with Crippen LogP contribution in [0.15, 0.2) is 24.4 Å². The molecule has 1 fully saturated rings. The first-order valence-electron chi connectivity index (χ1n) is 7.64. The molecule has 0 bridgehead atoms. The van der Waals surface area contributed by atoms with Crippen molar-refractivity contribution in [1.82, 2.24) is 20.0 Å². The van der Waals surface area contributed by atoms with E-state index in [1.165, 1.54) is 23.5 Å². The lowest BCUT2D eigenvalue weighted by Crippen LogP contribution is -2.44. The van der Waals surface area contributed by atoms with E-state index in [0.29, 0.717) is 25.4 Å². The molecule has 0 amide bonds. The van der Waals surface area contributed by atoms with Gasteiger partial charge in [0.05, 0.1) is 42.3 Å². The molecule has 1 atom stereocenters. The van der Waals surface area contributed by atoms with E-state index in [2.05, 4.69) is 20.2 Å². The van der Waals surface area contributed by atoms with Gasteiger partial charge in [-0.1, -0.05) is 16.6 Å². The van der Waals surface area contributed by atoms with Crippen LogP contribution in [-0.2, 0) is 17.9 Å². The minimum absolute atomic E-state index is 0.0456. The average molecular weight is 349 g/mol. The van der Waals surface area contributed by atoms with Crippen LogP contribution in [0.5, 0.6) is 0 Å². The zero-order valence-electron chi connectivity index (χ0n) is 12.8. The monoisotopic (exact) mass is 349 g/mol. The molecule has 3 aromatic rings. The molecule has 126 valence electrons. The maximum Gasteiger partial charge on any atom is 0.186 e. The van der Waals surface area contributed by atoms with E-state index in [4.69, 9.17) is 9.84 Å². The van der Waals surface area contributed by atoms with Gasteiger partial charge in [0.1, 0.15) is 11.5 Å². The molecule has 0 saturated carbocycles. The maximum absolute atomic E-state index is 13.3. The summed E-state index contributed by atoms with van der Waals surface area (Å²) in [5, 5.41) is 17.8. The number of fused-ring (bicyclic) bond motifs is 1. The van der Waals surface area contributed by atoms with Crippen molar-refractivity contribution in [3.63, 3.8) is 0 Å². The van der Waals surface area contributed by atoms with Gasteiger partial charge in [0.25, 0.3) is 0 Å². The quantitative estimate of drug-likeness (QED) is 0.768. The minimum atomic E-state index is -0.247. The third-order valence-electron chi connectivity index (χ3n) is 3.89. The SMILES string of the molecule is OCc1cn(CC2CN(c3nc4ccc(F)cc4s3)CCO2)nn1. The molecule has 1 N–H and O–H groups in total. The normalized spacial score (nSPS) is 18.4. The van der Waals surface area contributed by atoms with E-state index in [-0.39, 0.29) is 18.5 Å². The highest BCUT2D eigenvalue weighted by molar-refractivity contribution is 7.22. The lowest BCUT2D eigenvalue weighted by atomic mass is 10.3. The highest BCUT2D eigenvalue weighted by Crippen LogP contribution is 2.30. The molecular formula is C15H16FN5O2S. The summed E-state index contributed by atoms with van der Waals surface area (Å²) in [5.41, 5.74) is 1.35. The number of aromatic nitrogens is 4. The number of anilines is 1. The molecule has 0 radical (unpaired) electrons. The molecular weight excluding hydrogens is 333 g/mol. The first-order chi connectivity index (χ1) is 11.7. The van der Waals surface area contributed by atoms with Crippen LogP contribution in [0.25, 0.3) is 10.2 Å². The van der Waals surface area contributed by atoms with Gasteiger partial charge in [-0.25, -0.2) is 14.1 Å². The zero-order chi connectivity index (χ0) is 16.5. The summed E-state index contributed by atoms with van der Waals surface area (Å²) in [6.45, 7) is 2.45. The standard InChI is InChI=1S/C15H16FN5O2S/c16-10-1-2-13-14(5-10)24-15(17-13)20-3-4-23-12(7-20)8-21-6-11(9-22)18-19-21/h1-2,5-6,12,22H,3-4,7-9H2. The number of morpholine rings is 1. The van der Waals surface area contributed by atoms with Crippen LogP contribution in [-0.4, -0.2) is 50.9 Å². The summed E-state index contributed by atoms with van der Waals surface area (Å²) in [4.78, 5) is 6.74. The maximum atomic E-state index is 13.3. The molecule has 7 nitrogen and oxygen atoms in total. The van der Waals surface area contributed by atoms with Gasteiger partial charge in [0.2, 0.25) is 0 Å². The van der Waals surface area contributed by atoms with Gasteiger partial charge in [0.15, 0.2) is 5.13 Å². The van der Waals surface area contributed by atoms with Gasteiger partial charge in [-0.05, 0) is 18.2 Å². The van der Waals surface area contributed by atoms with Crippen LogP contribution in [0.3, 0.4) is 0 Å². The second-order valence-electron chi connectivity index (χ2n) is 5.64. The van der Waals surface area contributed by atoms with Crippen molar-refractivity contribution in [2.45, 2.75) is 19.3 Å². The lowest BCUT2D eigenvalue weighted by Gasteiger charge is -2.32. The Kier molecular flexibility index (Phi) is 4.13. The average Bonchev–Trinajstić information content (AvgIpc) is 3.21. The summed E-state index contributed by atoms with van der Waals surface area (Å²) in [6, 6.07) is 4.64. The predicted octanol–water partition coefficient (Wildman–Crippen LogP) is 1.42. The Morgan fingerprint density at radius 1 is 1.42 bits per heavy atom. The van der Waals surface area contributed by atoms with Crippen LogP contribution in [0.2, 0.25) is 0 Å². The van der Waals surface area contributed by atoms with Crippen molar-refractivity contribution in [2.24, 2.45) is 0 Å². The number of hydrogen-bond donors (Lipinski definition) is 1. The van der Waals surface area contributed by atoms with Crippen molar-refractivity contribution < 1.29 is 14.2 Å². The predicted molar refractivity (Wildman–Crippen MR) is 87.5 cm³/mol. The van der Waals surface area contributed by atoms with Crippen molar-refractivity contribution >= 4 is 26.7 Å². The van der Waals surface area contributed by atoms with Crippen molar-refractivity contribution in [2.75, 3.05) is 24.6 Å². The molecule has 4 rings (SSSR count). The van der Waals surface area contributed by atoms with Gasteiger partial charge >= 0.3 is 0 Å². The molecule has 24 heavy (non-hydrogen) atoms. The van der Waals surface area contributed by atoms with Crippen molar-refractivity contribution in [3.05, 3.63) is 35.9 Å². The van der Waals surface area contributed by atoms with Crippen molar-refractivity contribution in [3.8, 4) is 0 Å². The van der Waals surface area contributed by atoms with E-state index in [0.717, 1.165) is 21.9 Å². The Labute approximate surface area is 141 Å². The molecule has 3 heterocycles. The number of hydrogen-bond acceptors (Lipinski definition) is 7. The van der Waals surface area contributed by atoms with E-state index in [1.807, 2.05) is 0 Å². The summed E-state index contributed by atoms with van der Waals surface area (Å²) < 4.78 is 21.6. The Bertz CT molecular complexity index is 851. The Hall–Kier alpha value is -2.10. The van der Waals surface area contributed by atoms with Gasteiger partial charge in [-0.2, -0.15) is 0 Å². The first kappa shape index (κ1) is 15.4. The number of rotatable bonds is 4. The van der Waals surface area contributed by atoms with Crippen LogP contribution in [0.4, 0.5) is 9.52 Å². The third kappa shape index (κ3) is 3.10. The van der Waals surface area contributed by atoms with E-state index in [1.54, 1.807) is 16.9 Å². The van der Waals surface area contributed by atoms with Crippen LogP contribution in [0.1, 0.15) is 5.69 Å². The summed E-state index contributed by atoms with van der Waals surface area (Å²) in [5.74, 6) is -0.247. The Balaban J connectivity index is 1.48. The molecule has 1 aliphatic heterocycles. The van der Waals surface area contributed by atoms with E-state index in [9.17, 15) is 4.39 Å². The summed E-state index contributed by atoms with van der Waals surface area (Å²) >= 11 is 1.49. The summed E-state index contributed by atoms with van der Waals surface area (Å²) in [6.07, 6.45) is 1.67. The summed E-state index contributed by atoms with van der Waals surface area (Å²) in [7, 11) is 0. The van der Waals surface area contributed by atoms with E-state index < -0.39 is 0 Å². The minimum Gasteiger partial charge on any atom is -0.390 e. The second-order valence-corrected chi connectivity index (χ2v) is 6.65. The van der Waals surface area contributed by atoms with Crippen LogP contribution >= 0.6 is 11.3 Å². The van der Waals surface area contributed by atoms with Crippen molar-refractivity contribution in [1.29, 1.82) is 0 Å². The molecule has 1 aliphatic rings. The van der Waals surface area contributed by atoms with Crippen LogP contribution < -0.4 is 4.90 Å². The molecule has 1 saturated heterocycles. The molecule has 1 aromatic carbocycles. The Morgan fingerprint density at radius 3 is 3.17 bits per heavy atom. The highest BCUT2D eigenvalue weighted by Gasteiger charge is 2.24. The number of benzene rings is 1. The third-order valence-corrected chi connectivity index (χ3v) is 4.97. The largest absolute Gasteiger partial charge is 0.390 e. The highest BCUT2D eigenvalue weighted by atomic mass is 32.1. The Morgan fingerprint density at radius 2 is 2.33 bits per heavy atom. The number of aliphatic hydroxyl groups excluding tert-OH is 1. The first-order valence-corrected chi connectivity index (χ1v) is 8.45. The number of ether oxygens (including phenoxy) is 1.